The molecule has 90 valence electrons. The molecule has 0 bridgehead atoms. The molecule has 0 amide bonds. The van der Waals surface area contributed by atoms with E-state index in [1.807, 2.05) is 0 Å². The Balaban J connectivity index is 2.55. The van der Waals surface area contributed by atoms with E-state index in [4.69, 9.17) is 0 Å². The molecule has 0 saturated heterocycles. The lowest BCUT2D eigenvalue weighted by atomic mass is 9.97. The maximum absolute atomic E-state index is 9.85. The molecule has 0 heterocycles. The summed E-state index contributed by atoms with van der Waals surface area (Å²) in [7, 11) is 0. The Morgan fingerprint density at radius 2 is 1.56 bits per heavy atom. The number of hydrogen-bond acceptors (Lipinski definition) is 1. The van der Waals surface area contributed by atoms with Crippen LogP contribution in [-0.4, -0.2) is 11.2 Å². The first kappa shape index (κ1) is 13.2. The van der Waals surface area contributed by atoms with Gasteiger partial charge in [0.2, 0.25) is 0 Å². The van der Waals surface area contributed by atoms with Gasteiger partial charge < -0.3 is 5.11 Å². The standard InChI is InChI=1S/C15H24O/c1-11(2)9-15(16)10-13-5-7-14(8-6-13)12(3)4/h5-8,11-12,15-16H,9-10H2,1-4H3. The van der Waals surface area contributed by atoms with Gasteiger partial charge in [0.1, 0.15) is 0 Å². The number of rotatable bonds is 5. The predicted molar refractivity (Wildman–Crippen MR) is 69.7 cm³/mol. The van der Waals surface area contributed by atoms with Crippen LogP contribution in [0.3, 0.4) is 0 Å². The van der Waals surface area contributed by atoms with Crippen molar-refractivity contribution in [3.8, 4) is 0 Å². The van der Waals surface area contributed by atoms with Gasteiger partial charge in [-0.2, -0.15) is 0 Å². The smallest absolute Gasteiger partial charge is 0.0583 e. The monoisotopic (exact) mass is 220 g/mol. The van der Waals surface area contributed by atoms with Crippen LogP contribution in [0.5, 0.6) is 0 Å². The Kier molecular flexibility index (Phi) is 5.01. The van der Waals surface area contributed by atoms with Crippen molar-refractivity contribution in [1.82, 2.24) is 0 Å². The van der Waals surface area contributed by atoms with Crippen molar-refractivity contribution in [3.05, 3.63) is 35.4 Å². The molecule has 0 aliphatic heterocycles. The Morgan fingerprint density at radius 3 is 2.00 bits per heavy atom. The summed E-state index contributed by atoms with van der Waals surface area (Å²) in [5.74, 6) is 1.14. The molecule has 1 atom stereocenters. The number of hydrogen-bond donors (Lipinski definition) is 1. The van der Waals surface area contributed by atoms with Gasteiger partial charge in [-0.05, 0) is 35.8 Å². The summed E-state index contributed by atoms with van der Waals surface area (Å²) >= 11 is 0. The van der Waals surface area contributed by atoms with Crippen molar-refractivity contribution < 1.29 is 5.11 Å². The molecule has 0 radical (unpaired) electrons. The second kappa shape index (κ2) is 6.05. The normalized spacial score (nSPS) is 13.4. The van der Waals surface area contributed by atoms with E-state index in [0.717, 1.165) is 12.8 Å². The summed E-state index contributed by atoms with van der Waals surface area (Å²) in [4.78, 5) is 0. The quantitative estimate of drug-likeness (QED) is 0.801. The minimum absolute atomic E-state index is 0.204. The van der Waals surface area contributed by atoms with Crippen LogP contribution in [0.25, 0.3) is 0 Å². The molecule has 16 heavy (non-hydrogen) atoms. The fourth-order valence-electron chi connectivity index (χ4n) is 1.94. The van der Waals surface area contributed by atoms with Crippen LogP contribution in [0.2, 0.25) is 0 Å². The lowest BCUT2D eigenvalue weighted by Gasteiger charge is -2.13. The zero-order chi connectivity index (χ0) is 12.1. The average Bonchev–Trinajstić information content (AvgIpc) is 2.16. The van der Waals surface area contributed by atoms with Gasteiger partial charge in [0, 0.05) is 0 Å². The Morgan fingerprint density at radius 1 is 1.00 bits per heavy atom. The van der Waals surface area contributed by atoms with E-state index in [9.17, 15) is 5.11 Å². The van der Waals surface area contributed by atoms with Crippen LogP contribution in [0.1, 0.15) is 51.2 Å². The van der Waals surface area contributed by atoms with E-state index >= 15 is 0 Å². The van der Waals surface area contributed by atoms with Crippen LogP contribution in [-0.2, 0) is 6.42 Å². The molecular weight excluding hydrogens is 196 g/mol. The molecule has 1 N–H and O–H groups in total. The second-order valence-electron chi connectivity index (χ2n) is 5.38. The number of aliphatic hydroxyl groups is 1. The van der Waals surface area contributed by atoms with Crippen molar-refractivity contribution in [1.29, 1.82) is 0 Å². The molecule has 1 rings (SSSR count). The highest BCUT2D eigenvalue weighted by Gasteiger charge is 2.08. The largest absolute Gasteiger partial charge is 0.393 e. The first-order valence-corrected chi connectivity index (χ1v) is 6.26. The SMILES string of the molecule is CC(C)CC(O)Cc1ccc(C(C)C)cc1. The van der Waals surface area contributed by atoms with Crippen molar-refractivity contribution in [2.75, 3.05) is 0 Å². The van der Waals surface area contributed by atoms with Crippen molar-refractivity contribution in [2.24, 2.45) is 5.92 Å². The third kappa shape index (κ3) is 4.36. The topological polar surface area (TPSA) is 20.2 Å². The van der Waals surface area contributed by atoms with Gasteiger partial charge in [0.15, 0.2) is 0 Å². The summed E-state index contributed by atoms with van der Waals surface area (Å²) in [5, 5.41) is 9.85. The molecule has 0 fully saturated rings. The molecule has 0 aliphatic rings. The fourth-order valence-corrected chi connectivity index (χ4v) is 1.94. The molecule has 1 unspecified atom stereocenters. The third-order valence-corrected chi connectivity index (χ3v) is 2.86. The number of benzene rings is 1. The van der Waals surface area contributed by atoms with Crippen LogP contribution in [0, 0.1) is 5.92 Å². The molecule has 0 aliphatic carbocycles. The molecule has 0 spiro atoms. The van der Waals surface area contributed by atoms with E-state index in [1.54, 1.807) is 0 Å². The van der Waals surface area contributed by atoms with E-state index in [1.165, 1.54) is 11.1 Å². The summed E-state index contributed by atoms with van der Waals surface area (Å²) in [6.45, 7) is 8.68. The van der Waals surface area contributed by atoms with Gasteiger partial charge >= 0.3 is 0 Å². The van der Waals surface area contributed by atoms with Gasteiger partial charge in [-0.3, -0.25) is 0 Å². The molecule has 1 nitrogen and oxygen atoms in total. The summed E-state index contributed by atoms with van der Waals surface area (Å²) < 4.78 is 0. The van der Waals surface area contributed by atoms with Crippen LogP contribution in [0.4, 0.5) is 0 Å². The lowest BCUT2D eigenvalue weighted by Crippen LogP contribution is -2.13. The zero-order valence-electron chi connectivity index (χ0n) is 10.9. The maximum atomic E-state index is 9.85. The van der Waals surface area contributed by atoms with Gasteiger partial charge in [-0.1, -0.05) is 52.0 Å². The lowest BCUT2D eigenvalue weighted by molar-refractivity contribution is 0.149. The first-order valence-electron chi connectivity index (χ1n) is 6.26. The van der Waals surface area contributed by atoms with Gasteiger partial charge in [-0.25, -0.2) is 0 Å². The fraction of sp³-hybridized carbons (Fsp3) is 0.600. The Labute approximate surface area is 99.5 Å². The number of aliphatic hydroxyl groups excluding tert-OH is 1. The predicted octanol–water partition coefficient (Wildman–Crippen LogP) is 3.76. The second-order valence-corrected chi connectivity index (χ2v) is 5.38. The van der Waals surface area contributed by atoms with Crippen LogP contribution in [0.15, 0.2) is 24.3 Å². The molecule has 1 aromatic rings. The zero-order valence-corrected chi connectivity index (χ0v) is 10.9. The summed E-state index contributed by atoms with van der Waals surface area (Å²) in [6.07, 6.45) is 1.45. The highest BCUT2D eigenvalue weighted by Crippen LogP contribution is 2.16. The molecule has 1 aromatic carbocycles. The van der Waals surface area contributed by atoms with E-state index in [0.29, 0.717) is 11.8 Å². The van der Waals surface area contributed by atoms with E-state index in [-0.39, 0.29) is 6.10 Å². The van der Waals surface area contributed by atoms with Crippen molar-refractivity contribution in [3.63, 3.8) is 0 Å². The third-order valence-electron chi connectivity index (χ3n) is 2.86. The average molecular weight is 220 g/mol. The highest BCUT2D eigenvalue weighted by atomic mass is 16.3. The minimum atomic E-state index is -0.204. The molecule has 0 aromatic heterocycles. The van der Waals surface area contributed by atoms with Gasteiger partial charge in [-0.15, -0.1) is 0 Å². The molecular formula is C15H24O. The summed E-state index contributed by atoms with van der Waals surface area (Å²) in [6, 6.07) is 8.61. The maximum Gasteiger partial charge on any atom is 0.0583 e. The summed E-state index contributed by atoms with van der Waals surface area (Å²) in [5.41, 5.74) is 2.60. The Hall–Kier alpha value is -0.820. The van der Waals surface area contributed by atoms with Crippen LogP contribution < -0.4 is 0 Å². The highest BCUT2D eigenvalue weighted by molar-refractivity contribution is 5.25. The van der Waals surface area contributed by atoms with Gasteiger partial charge in [0.25, 0.3) is 0 Å². The first-order chi connectivity index (χ1) is 7.49. The van der Waals surface area contributed by atoms with Crippen LogP contribution >= 0.6 is 0 Å². The van der Waals surface area contributed by atoms with E-state index in [2.05, 4.69) is 52.0 Å². The van der Waals surface area contributed by atoms with E-state index < -0.39 is 0 Å². The molecule has 1 heteroatoms. The van der Waals surface area contributed by atoms with Gasteiger partial charge in [0.05, 0.1) is 6.10 Å². The van der Waals surface area contributed by atoms with Crippen molar-refractivity contribution >= 4 is 0 Å². The molecule has 0 saturated carbocycles. The Bertz CT molecular complexity index is 298. The van der Waals surface area contributed by atoms with Crippen molar-refractivity contribution in [2.45, 2.75) is 52.6 Å². The minimum Gasteiger partial charge on any atom is -0.393 e.